The van der Waals surface area contributed by atoms with E-state index in [2.05, 4.69) is 46.0 Å². The third-order valence-electron chi connectivity index (χ3n) is 2.99. The Kier molecular flexibility index (Phi) is 3.32. The maximum Gasteiger partial charge on any atom is 0.0513 e. The van der Waals surface area contributed by atoms with Crippen LogP contribution in [0.4, 0.5) is 5.69 Å². The number of anilines is 1. The molecule has 1 aromatic rings. The highest BCUT2D eigenvalue weighted by Gasteiger charge is 2.23. The summed E-state index contributed by atoms with van der Waals surface area (Å²) in [5.74, 6) is 0.442. The van der Waals surface area contributed by atoms with E-state index in [1.807, 2.05) is 0 Å². The average Bonchev–Trinajstić information content (AvgIpc) is 2.70. The Bertz CT molecular complexity index is 353. The number of hydrogen-bond donors (Lipinski definition) is 1. The first kappa shape index (κ1) is 11.0. The van der Waals surface area contributed by atoms with Crippen LogP contribution in [0.3, 0.4) is 0 Å². The molecule has 1 atom stereocenters. The summed E-state index contributed by atoms with van der Waals surface area (Å²) in [7, 11) is 0. The summed E-state index contributed by atoms with van der Waals surface area (Å²) in [5.41, 5.74) is 2.53. The standard InChI is InChI=1S/C12H16BrNO/c1-9-2-3-11(13)12(6-9)14-5-4-10(7-14)8-15/h2-3,6,10,15H,4-5,7-8H2,1H3. The van der Waals surface area contributed by atoms with E-state index in [4.69, 9.17) is 5.11 Å². The molecule has 0 saturated carbocycles. The number of aliphatic hydroxyl groups is 1. The fourth-order valence-corrected chi connectivity index (χ4v) is 2.56. The molecule has 0 aliphatic carbocycles. The van der Waals surface area contributed by atoms with Crippen molar-refractivity contribution in [2.24, 2.45) is 5.92 Å². The van der Waals surface area contributed by atoms with Crippen molar-refractivity contribution in [3.8, 4) is 0 Å². The van der Waals surface area contributed by atoms with Crippen molar-refractivity contribution in [3.05, 3.63) is 28.2 Å². The first-order chi connectivity index (χ1) is 7.20. The highest BCUT2D eigenvalue weighted by molar-refractivity contribution is 9.10. The lowest BCUT2D eigenvalue weighted by Crippen LogP contribution is -2.21. The van der Waals surface area contributed by atoms with Crippen molar-refractivity contribution in [1.82, 2.24) is 0 Å². The van der Waals surface area contributed by atoms with Crippen molar-refractivity contribution >= 4 is 21.6 Å². The van der Waals surface area contributed by atoms with Crippen molar-refractivity contribution in [3.63, 3.8) is 0 Å². The fraction of sp³-hybridized carbons (Fsp3) is 0.500. The molecule has 0 aromatic heterocycles. The van der Waals surface area contributed by atoms with Gasteiger partial charge in [-0.1, -0.05) is 6.07 Å². The Morgan fingerprint density at radius 3 is 3.00 bits per heavy atom. The SMILES string of the molecule is Cc1ccc(Br)c(N2CCC(CO)C2)c1. The molecule has 1 heterocycles. The van der Waals surface area contributed by atoms with Gasteiger partial charge in [0.1, 0.15) is 0 Å². The zero-order valence-corrected chi connectivity index (χ0v) is 10.5. The van der Waals surface area contributed by atoms with E-state index in [1.54, 1.807) is 0 Å². The quantitative estimate of drug-likeness (QED) is 0.892. The molecule has 1 N–H and O–H groups in total. The zero-order valence-electron chi connectivity index (χ0n) is 8.91. The summed E-state index contributed by atoms with van der Waals surface area (Å²) in [6.45, 7) is 4.43. The van der Waals surface area contributed by atoms with Crippen LogP contribution < -0.4 is 4.90 Å². The summed E-state index contributed by atoms with van der Waals surface area (Å²) in [6, 6.07) is 6.40. The number of nitrogens with zero attached hydrogens (tertiary/aromatic N) is 1. The third kappa shape index (κ3) is 2.34. The summed E-state index contributed by atoms with van der Waals surface area (Å²) in [6.07, 6.45) is 1.09. The van der Waals surface area contributed by atoms with Gasteiger partial charge in [-0.2, -0.15) is 0 Å². The van der Waals surface area contributed by atoms with Crippen molar-refractivity contribution < 1.29 is 5.11 Å². The van der Waals surface area contributed by atoms with Crippen LogP contribution in [0.1, 0.15) is 12.0 Å². The third-order valence-corrected chi connectivity index (χ3v) is 3.66. The number of benzene rings is 1. The van der Waals surface area contributed by atoms with Crippen molar-refractivity contribution in [2.75, 3.05) is 24.6 Å². The molecule has 1 aromatic carbocycles. The maximum atomic E-state index is 9.12. The smallest absolute Gasteiger partial charge is 0.0513 e. The van der Waals surface area contributed by atoms with Gasteiger partial charge in [0.15, 0.2) is 0 Å². The van der Waals surface area contributed by atoms with Gasteiger partial charge in [-0.15, -0.1) is 0 Å². The number of aryl methyl sites for hydroxylation is 1. The van der Waals surface area contributed by atoms with Crippen LogP contribution in [0.2, 0.25) is 0 Å². The number of hydrogen-bond acceptors (Lipinski definition) is 2. The predicted molar refractivity (Wildman–Crippen MR) is 66.3 cm³/mol. The van der Waals surface area contributed by atoms with E-state index in [0.29, 0.717) is 12.5 Å². The zero-order chi connectivity index (χ0) is 10.8. The molecule has 2 rings (SSSR count). The van der Waals surface area contributed by atoms with E-state index in [9.17, 15) is 0 Å². The van der Waals surface area contributed by atoms with Crippen LogP contribution in [0.5, 0.6) is 0 Å². The molecular weight excluding hydrogens is 254 g/mol. The number of aliphatic hydroxyl groups excluding tert-OH is 1. The van der Waals surface area contributed by atoms with E-state index in [-0.39, 0.29) is 0 Å². The molecule has 0 bridgehead atoms. The van der Waals surface area contributed by atoms with Gasteiger partial charge in [0, 0.05) is 30.1 Å². The average molecular weight is 270 g/mol. The van der Waals surface area contributed by atoms with Crippen molar-refractivity contribution in [2.45, 2.75) is 13.3 Å². The molecule has 0 radical (unpaired) electrons. The fourth-order valence-electron chi connectivity index (χ4n) is 2.07. The van der Waals surface area contributed by atoms with Gasteiger partial charge >= 0.3 is 0 Å². The molecule has 2 nitrogen and oxygen atoms in total. The van der Waals surface area contributed by atoms with Crippen LogP contribution in [-0.4, -0.2) is 24.8 Å². The lowest BCUT2D eigenvalue weighted by atomic mass is 10.1. The minimum Gasteiger partial charge on any atom is -0.396 e. The predicted octanol–water partition coefficient (Wildman–Crippen LogP) is 2.58. The minimum atomic E-state index is 0.305. The first-order valence-electron chi connectivity index (χ1n) is 5.32. The molecule has 0 spiro atoms. The van der Waals surface area contributed by atoms with Crippen LogP contribution in [0.15, 0.2) is 22.7 Å². The van der Waals surface area contributed by atoms with Gasteiger partial charge in [0.05, 0.1) is 5.69 Å². The Balaban J connectivity index is 2.19. The first-order valence-corrected chi connectivity index (χ1v) is 6.12. The number of rotatable bonds is 2. The van der Waals surface area contributed by atoms with Gasteiger partial charge in [-0.3, -0.25) is 0 Å². The molecule has 1 unspecified atom stereocenters. The highest BCUT2D eigenvalue weighted by atomic mass is 79.9. The molecule has 3 heteroatoms. The van der Waals surface area contributed by atoms with Crippen LogP contribution in [-0.2, 0) is 0 Å². The second-order valence-electron chi connectivity index (χ2n) is 4.24. The summed E-state index contributed by atoms with van der Waals surface area (Å²) in [5, 5.41) is 9.12. The van der Waals surface area contributed by atoms with Crippen molar-refractivity contribution in [1.29, 1.82) is 0 Å². The van der Waals surface area contributed by atoms with E-state index >= 15 is 0 Å². The van der Waals surface area contributed by atoms with E-state index in [0.717, 1.165) is 24.0 Å². The van der Waals surface area contributed by atoms with Gasteiger partial charge in [-0.05, 0) is 47.0 Å². The summed E-state index contributed by atoms with van der Waals surface area (Å²) in [4.78, 5) is 2.35. The number of halogens is 1. The molecule has 1 aliphatic heterocycles. The van der Waals surface area contributed by atoms with Crippen LogP contribution in [0.25, 0.3) is 0 Å². The normalized spacial score (nSPS) is 21.0. The molecule has 82 valence electrons. The largest absolute Gasteiger partial charge is 0.396 e. The Labute approximate surface area is 99.0 Å². The summed E-state index contributed by atoms with van der Waals surface area (Å²) >= 11 is 3.58. The minimum absolute atomic E-state index is 0.305. The molecule has 1 fully saturated rings. The van der Waals surface area contributed by atoms with Crippen LogP contribution >= 0.6 is 15.9 Å². The highest BCUT2D eigenvalue weighted by Crippen LogP contribution is 2.31. The summed E-state index contributed by atoms with van der Waals surface area (Å²) < 4.78 is 1.15. The maximum absolute atomic E-state index is 9.12. The Morgan fingerprint density at radius 1 is 1.53 bits per heavy atom. The van der Waals surface area contributed by atoms with Gasteiger partial charge in [0.25, 0.3) is 0 Å². The molecular formula is C12H16BrNO. The van der Waals surface area contributed by atoms with Gasteiger partial charge in [-0.25, -0.2) is 0 Å². The van der Waals surface area contributed by atoms with Crippen LogP contribution in [0, 0.1) is 12.8 Å². The second-order valence-corrected chi connectivity index (χ2v) is 5.09. The molecule has 15 heavy (non-hydrogen) atoms. The lowest BCUT2D eigenvalue weighted by Gasteiger charge is -2.20. The van der Waals surface area contributed by atoms with Gasteiger partial charge < -0.3 is 10.0 Å². The Hall–Kier alpha value is -0.540. The lowest BCUT2D eigenvalue weighted by molar-refractivity contribution is 0.238. The molecule has 1 aliphatic rings. The monoisotopic (exact) mass is 269 g/mol. The Morgan fingerprint density at radius 2 is 2.33 bits per heavy atom. The van der Waals surface area contributed by atoms with E-state index in [1.165, 1.54) is 11.3 Å². The molecule has 0 amide bonds. The molecule has 1 saturated heterocycles. The topological polar surface area (TPSA) is 23.5 Å². The van der Waals surface area contributed by atoms with Gasteiger partial charge in [0.2, 0.25) is 0 Å². The van der Waals surface area contributed by atoms with E-state index < -0.39 is 0 Å². The second kappa shape index (κ2) is 4.54.